The molecule has 0 N–H and O–H groups in total. The van der Waals surface area contributed by atoms with E-state index in [1.165, 1.54) is 12.8 Å². The third-order valence-electron chi connectivity index (χ3n) is 5.84. The first kappa shape index (κ1) is 17.4. The molecule has 2 aliphatic heterocycles. The van der Waals surface area contributed by atoms with E-state index in [1.807, 2.05) is 0 Å². The minimum Gasteiger partial charge on any atom is -0.374 e. The third-order valence-corrected chi connectivity index (χ3v) is 5.84. The molecule has 7 nitrogen and oxygen atoms in total. The first-order valence-corrected chi connectivity index (χ1v) is 9.86. The molecule has 3 heterocycles. The van der Waals surface area contributed by atoms with E-state index in [0.29, 0.717) is 12.0 Å². The molecule has 3 aliphatic rings. The second kappa shape index (κ2) is 7.70. The average Bonchev–Trinajstić information content (AvgIpc) is 3.39. The van der Waals surface area contributed by atoms with Crippen LogP contribution in [0.1, 0.15) is 50.4 Å². The zero-order chi connectivity index (χ0) is 17.2. The SMILES string of the molecule is CCN1CCOC(CN2CCN(C(C)c3nc(C4CC4)no3)CC2)C1. The highest BCUT2D eigenvalue weighted by atomic mass is 16.5. The van der Waals surface area contributed by atoms with Crippen LogP contribution in [0.2, 0.25) is 0 Å². The highest BCUT2D eigenvalue weighted by Gasteiger charge is 2.32. The van der Waals surface area contributed by atoms with Gasteiger partial charge < -0.3 is 9.26 Å². The number of hydrogen-bond donors (Lipinski definition) is 0. The van der Waals surface area contributed by atoms with Crippen LogP contribution in [0.5, 0.6) is 0 Å². The lowest BCUT2D eigenvalue weighted by atomic mass is 10.2. The molecule has 2 atom stereocenters. The van der Waals surface area contributed by atoms with Gasteiger partial charge >= 0.3 is 0 Å². The Balaban J connectivity index is 1.24. The van der Waals surface area contributed by atoms with Crippen molar-refractivity contribution in [1.29, 1.82) is 0 Å². The fourth-order valence-corrected chi connectivity index (χ4v) is 3.88. The zero-order valence-electron chi connectivity index (χ0n) is 15.6. The number of nitrogens with zero attached hydrogens (tertiary/aromatic N) is 5. The van der Waals surface area contributed by atoms with Crippen molar-refractivity contribution in [2.24, 2.45) is 0 Å². The highest BCUT2D eigenvalue weighted by molar-refractivity contribution is 5.04. The van der Waals surface area contributed by atoms with Crippen molar-refractivity contribution in [2.75, 3.05) is 59.0 Å². The summed E-state index contributed by atoms with van der Waals surface area (Å²) in [5, 5.41) is 4.16. The Kier molecular flexibility index (Phi) is 5.36. The van der Waals surface area contributed by atoms with E-state index in [-0.39, 0.29) is 6.04 Å². The Hall–Kier alpha value is -1.02. The first-order chi connectivity index (χ1) is 12.2. The normalized spacial score (nSPS) is 28.3. The fraction of sp³-hybridized carbons (Fsp3) is 0.889. The number of ether oxygens (including phenoxy) is 1. The molecular weight excluding hydrogens is 318 g/mol. The standard InChI is InChI=1S/C18H31N5O2/c1-3-21-10-11-24-16(12-21)13-22-6-8-23(9-7-22)14(2)18-19-17(20-25-18)15-4-5-15/h14-16H,3-13H2,1-2H3. The van der Waals surface area contributed by atoms with Gasteiger partial charge in [-0.15, -0.1) is 0 Å². The minimum absolute atomic E-state index is 0.212. The van der Waals surface area contributed by atoms with Crippen LogP contribution in [0.15, 0.2) is 4.52 Å². The van der Waals surface area contributed by atoms with Gasteiger partial charge in [0.05, 0.1) is 18.8 Å². The molecule has 0 spiro atoms. The van der Waals surface area contributed by atoms with Crippen molar-refractivity contribution in [3.8, 4) is 0 Å². The van der Waals surface area contributed by atoms with Gasteiger partial charge in [0.2, 0.25) is 5.89 Å². The summed E-state index contributed by atoms with van der Waals surface area (Å²) in [7, 11) is 0. The molecule has 3 fully saturated rings. The molecule has 25 heavy (non-hydrogen) atoms. The van der Waals surface area contributed by atoms with Gasteiger partial charge in [0, 0.05) is 51.7 Å². The zero-order valence-corrected chi connectivity index (χ0v) is 15.6. The predicted molar refractivity (Wildman–Crippen MR) is 94.6 cm³/mol. The second-order valence-corrected chi connectivity index (χ2v) is 7.66. The van der Waals surface area contributed by atoms with Gasteiger partial charge in [-0.3, -0.25) is 14.7 Å². The summed E-state index contributed by atoms with van der Waals surface area (Å²) in [5.74, 6) is 2.25. The summed E-state index contributed by atoms with van der Waals surface area (Å²) in [6, 6.07) is 0.212. The maximum Gasteiger partial charge on any atom is 0.243 e. The van der Waals surface area contributed by atoms with Crippen molar-refractivity contribution in [2.45, 2.75) is 44.8 Å². The smallest absolute Gasteiger partial charge is 0.243 e. The van der Waals surface area contributed by atoms with Crippen LogP contribution in [-0.2, 0) is 4.74 Å². The number of hydrogen-bond acceptors (Lipinski definition) is 7. The first-order valence-electron chi connectivity index (χ1n) is 9.86. The van der Waals surface area contributed by atoms with Gasteiger partial charge in [0.25, 0.3) is 0 Å². The van der Waals surface area contributed by atoms with E-state index >= 15 is 0 Å². The fourth-order valence-electron chi connectivity index (χ4n) is 3.88. The predicted octanol–water partition coefficient (Wildman–Crippen LogP) is 1.35. The van der Waals surface area contributed by atoms with Crippen molar-refractivity contribution < 1.29 is 9.26 Å². The maximum atomic E-state index is 5.96. The molecule has 140 valence electrons. The molecule has 1 aliphatic carbocycles. The Morgan fingerprint density at radius 1 is 1.12 bits per heavy atom. The van der Waals surface area contributed by atoms with Crippen LogP contribution in [0.4, 0.5) is 0 Å². The number of aromatic nitrogens is 2. The largest absolute Gasteiger partial charge is 0.374 e. The molecule has 1 aromatic rings. The molecule has 1 saturated carbocycles. The molecule has 2 unspecified atom stereocenters. The van der Waals surface area contributed by atoms with Crippen molar-refractivity contribution >= 4 is 0 Å². The Bertz CT molecular complexity index is 553. The average molecular weight is 349 g/mol. The molecule has 1 aromatic heterocycles. The molecule has 0 bridgehead atoms. The number of piperazine rings is 1. The van der Waals surface area contributed by atoms with Crippen molar-refractivity contribution in [1.82, 2.24) is 24.8 Å². The number of likely N-dealkylation sites (N-methyl/N-ethyl adjacent to an activating group) is 1. The number of morpholine rings is 1. The van der Waals surface area contributed by atoms with Crippen molar-refractivity contribution in [3.63, 3.8) is 0 Å². The third kappa shape index (κ3) is 4.22. The van der Waals surface area contributed by atoms with E-state index in [0.717, 1.165) is 70.7 Å². The quantitative estimate of drug-likeness (QED) is 0.768. The molecule has 2 saturated heterocycles. The summed E-state index contributed by atoms with van der Waals surface area (Å²) >= 11 is 0. The number of rotatable bonds is 6. The highest BCUT2D eigenvalue weighted by Crippen LogP contribution is 2.38. The summed E-state index contributed by atoms with van der Waals surface area (Å²) in [6.07, 6.45) is 2.78. The van der Waals surface area contributed by atoms with Gasteiger partial charge in [0.15, 0.2) is 5.82 Å². The molecule has 7 heteroatoms. The monoisotopic (exact) mass is 349 g/mol. The van der Waals surface area contributed by atoms with Crippen LogP contribution in [0.25, 0.3) is 0 Å². The topological polar surface area (TPSA) is 57.9 Å². The van der Waals surface area contributed by atoms with Crippen LogP contribution in [0.3, 0.4) is 0 Å². The molecule has 0 amide bonds. The van der Waals surface area contributed by atoms with Gasteiger partial charge in [-0.05, 0) is 26.3 Å². The summed E-state index contributed by atoms with van der Waals surface area (Å²) < 4.78 is 11.5. The minimum atomic E-state index is 0.212. The second-order valence-electron chi connectivity index (χ2n) is 7.66. The van der Waals surface area contributed by atoms with Crippen LogP contribution in [-0.4, -0.2) is 89.9 Å². The molecule has 0 aromatic carbocycles. The lowest BCUT2D eigenvalue weighted by molar-refractivity contribution is -0.0485. The van der Waals surface area contributed by atoms with Crippen LogP contribution >= 0.6 is 0 Å². The summed E-state index contributed by atoms with van der Waals surface area (Å²) in [4.78, 5) is 12.1. The molecule has 0 radical (unpaired) electrons. The lowest BCUT2D eigenvalue weighted by Crippen LogP contribution is -2.52. The van der Waals surface area contributed by atoms with Gasteiger partial charge in [-0.1, -0.05) is 12.1 Å². The van der Waals surface area contributed by atoms with E-state index < -0.39 is 0 Å². The summed E-state index contributed by atoms with van der Waals surface area (Å²) in [5.41, 5.74) is 0. The van der Waals surface area contributed by atoms with Crippen LogP contribution in [0, 0.1) is 0 Å². The Labute approximate surface area is 150 Å². The van der Waals surface area contributed by atoms with Crippen molar-refractivity contribution in [3.05, 3.63) is 11.7 Å². The van der Waals surface area contributed by atoms with E-state index in [9.17, 15) is 0 Å². The Morgan fingerprint density at radius 3 is 2.64 bits per heavy atom. The van der Waals surface area contributed by atoms with Gasteiger partial charge in [-0.2, -0.15) is 4.98 Å². The maximum absolute atomic E-state index is 5.96. The lowest BCUT2D eigenvalue weighted by Gasteiger charge is -2.40. The van der Waals surface area contributed by atoms with E-state index in [4.69, 9.17) is 9.26 Å². The molecule has 4 rings (SSSR count). The van der Waals surface area contributed by atoms with Gasteiger partial charge in [-0.25, -0.2) is 0 Å². The van der Waals surface area contributed by atoms with Gasteiger partial charge in [0.1, 0.15) is 0 Å². The van der Waals surface area contributed by atoms with E-state index in [2.05, 4.69) is 38.7 Å². The summed E-state index contributed by atoms with van der Waals surface area (Å²) in [6.45, 7) is 13.9. The Morgan fingerprint density at radius 2 is 1.92 bits per heavy atom. The van der Waals surface area contributed by atoms with E-state index in [1.54, 1.807) is 0 Å². The van der Waals surface area contributed by atoms with Crippen LogP contribution < -0.4 is 0 Å². The molecular formula is C18H31N5O2.